The molecule has 2 heterocycles. The van der Waals surface area contributed by atoms with Crippen LogP contribution in [-0.2, 0) is 38.6 Å². The lowest BCUT2D eigenvalue weighted by Gasteiger charge is -2.46. The molecule has 8 nitrogen and oxygen atoms in total. The van der Waals surface area contributed by atoms with Gasteiger partial charge in [-0.05, 0) is 48.4 Å². The monoisotopic (exact) mass is 544 g/mol. The topological polar surface area (TPSA) is 94.2 Å². The molecule has 0 bridgehead atoms. The van der Waals surface area contributed by atoms with Crippen molar-refractivity contribution in [3.8, 4) is 5.75 Å². The van der Waals surface area contributed by atoms with E-state index in [0.29, 0.717) is 49.2 Å². The predicted molar refractivity (Wildman–Crippen MR) is 149 cm³/mol. The average molecular weight is 545 g/mol. The quantitative estimate of drug-likeness (QED) is 0.311. The number of ether oxygens (including phenoxy) is 3. The van der Waals surface area contributed by atoms with E-state index in [1.54, 1.807) is 0 Å². The normalized spacial score (nSPS) is 22.6. The Kier molecular flexibility index (Phi) is 8.77. The summed E-state index contributed by atoms with van der Waals surface area (Å²) in [4.78, 5) is 39.1. The molecule has 2 fully saturated rings. The summed E-state index contributed by atoms with van der Waals surface area (Å²) in [7, 11) is 0. The Balaban J connectivity index is 1.16. The first-order chi connectivity index (χ1) is 19.5. The van der Waals surface area contributed by atoms with Gasteiger partial charge in [-0.2, -0.15) is 0 Å². The Labute approximate surface area is 235 Å². The van der Waals surface area contributed by atoms with Crippen molar-refractivity contribution in [1.29, 1.82) is 0 Å². The van der Waals surface area contributed by atoms with Gasteiger partial charge in [0.1, 0.15) is 18.5 Å². The zero-order valence-electron chi connectivity index (χ0n) is 22.9. The highest BCUT2D eigenvalue weighted by Gasteiger charge is 2.41. The van der Waals surface area contributed by atoms with E-state index in [1.165, 1.54) is 11.8 Å². The van der Waals surface area contributed by atoms with E-state index in [-0.39, 0.29) is 35.8 Å². The molecule has 5 rings (SSSR count). The first-order valence-electron chi connectivity index (χ1n) is 14.0. The van der Waals surface area contributed by atoms with Crippen LogP contribution in [0.5, 0.6) is 5.75 Å². The number of imide groups is 1. The second kappa shape index (κ2) is 12.6. The molecule has 2 aliphatic heterocycles. The number of amides is 2. The molecule has 210 valence electrons. The molecule has 2 saturated heterocycles. The Morgan fingerprint density at radius 2 is 1.90 bits per heavy atom. The van der Waals surface area contributed by atoms with Crippen LogP contribution in [0.15, 0.2) is 67.0 Å². The SMILES string of the molecule is C=COC1C(OCCC)CN1Cc1ccc(COc2cccc3c2CC=C(CC2CCC(=O)NC2=O)C3=O)cc1. The molecule has 0 spiro atoms. The molecule has 2 aromatic carbocycles. The van der Waals surface area contributed by atoms with E-state index < -0.39 is 0 Å². The third kappa shape index (κ3) is 6.18. The molecule has 3 aliphatic rings. The number of piperidine rings is 1. The van der Waals surface area contributed by atoms with Gasteiger partial charge in [-0.3, -0.25) is 24.6 Å². The summed E-state index contributed by atoms with van der Waals surface area (Å²) in [5.74, 6) is -0.281. The maximum Gasteiger partial charge on any atom is 0.230 e. The summed E-state index contributed by atoms with van der Waals surface area (Å²) in [6.45, 7) is 8.48. The van der Waals surface area contributed by atoms with Gasteiger partial charge < -0.3 is 14.2 Å². The Hall–Kier alpha value is -3.75. The van der Waals surface area contributed by atoms with Gasteiger partial charge in [-0.1, -0.05) is 56.0 Å². The lowest BCUT2D eigenvalue weighted by atomic mass is 9.83. The highest BCUT2D eigenvalue weighted by molar-refractivity contribution is 6.11. The zero-order valence-corrected chi connectivity index (χ0v) is 22.9. The molecule has 2 aromatic rings. The second-order valence-corrected chi connectivity index (χ2v) is 10.5. The molecule has 2 amide bonds. The van der Waals surface area contributed by atoms with Crippen LogP contribution < -0.4 is 10.1 Å². The number of rotatable bonds is 12. The number of likely N-dealkylation sites (tertiary alicyclic amines) is 1. The zero-order chi connectivity index (χ0) is 28.1. The number of ketones is 1. The summed E-state index contributed by atoms with van der Waals surface area (Å²) >= 11 is 0. The average Bonchev–Trinajstić information content (AvgIpc) is 2.95. The van der Waals surface area contributed by atoms with Crippen LogP contribution in [0.1, 0.15) is 59.7 Å². The number of allylic oxidation sites excluding steroid dienone is 2. The third-order valence-electron chi connectivity index (χ3n) is 7.71. The standard InChI is InChI=1S/C32H36N2O6/c1-3-16-39-28-19-34(32(28)38-4-2)18-21-8-10-22(11-9-21)20-40-27-7-5-6-26-25(27)14-12-23(30(26)36)17-24-13-15-29(35)33-31(24)37/h4-12,24,28,32H,2-3,13-20H2,1H3,(H,33,35,37). The fourth-order valence-corrected chi connectivity index (χ4v) is 5.48. The Morgan fingerprint density at radius 3 is 2.65 bits per heavy atom. The smallest absolute Gasteiger partial charge is 0.230 e. The summed E-state index contributed by atoms with van der Waals surface area (Å²) in [6.07, 6.45) is 5.99. The van der Waals surface area contributed by atoms with Crippen LogP contribution in [0.2, 0.25) is 0 Å². The minimum Gasteiger partial charge on any atom is -0.489 e. The van der Waals surface area contributed by atoms with E-state index in [2.05, 4.69) is 48.0 Å². The van der Waals surface area contributed by atoms with Gasteiger partial charge in [0.25, 0.3) is 0 Å². The van der Waals surface area contributed by atoms with Gasteiger partial charge >= 0.3 is 0 Å². The molecule has 40 heavy (non-hydrogen) atoms. The molecule has 1 aliphatic carbocycles. The first-order valence-corrected chi connectivity index (χ1v) is 14.0. The molecule has 0 aromatic heterocycles. The molecule has 3 atom stereocenters. The number of carbonyl (C=O) groups is 3. The van der Waals surface area contributed by atoms with Gasteiger partial charge in [-0.15, -0.1) is 0 Å². The number of Topliss-reactive ketones (excluding diaryl/α,β-unsaturated/α-hetero) is 1. The molecule has 8 heteroatoms. The minimum absolute atomic E-state index is 0.0673. The largest absolute Gasteiger partial charge is 0.489 e. The van der Waals surface area contributed by atoms with Crippen molar-refractivity contribution in [2.45, 2.75) is 64.5 Å². The van der Waals surface area contributed by atoms with Crippen LogP contribution >= 0.6 is 0 Å². The molecular formula is C32H36N2O6. The van der Waals surface area contributed by atoms with Crippen LogP contribution in [0.3, 0.4) is 0 Å². The van der Waals surface area contributed by atoms with Crippen molar-refractivity contribution in [1.82, 2.24) is 10.2 Å². The maximum absolute atomic E-state index is 13.2. The molecule has 1 N–H and O–H groups in total. The summed E-state index contributed by atoms with van der Waals surface area (Å²) in [5.41, 5.74) is 4.31. The number of hydrogen-bond donors (Lipinski definition) is 1. The van der Waals surface area contributed by atoms with Crippen LogP contribution in [-0.4, -0.2) is 48.0 Å². The first kappa shape index (κ1) is 27.8. The lowest BCUT2D eigenvalue weighted by Crippen LogP contribution is -2.61. The minimum atomic E-state index is -0.353. The van der Waals surface area contributed by atoms with E-state index in [4.69, 9.17) is 14.2 Å². The van der Waals surface area contributed by atoms with E-state index >= 15 is 0 Å². The number of nitrogens with one attached hydrogen (secondary N) is 1. The van der Waals surface area contributed by atoms with Crippen molar-refractivity contribution in [3.63, 3.8) is 0 Å². The number of fused-ring (bicyclic) bond motifs is 1. The van der Waals surface area contributed by atoms with Crippen molar-refractivity contribution in [3.05, 3.63) is 89.2 Å². The lowest BCUT2D eigenvalue weighted by molar-refractivity contribution is -0.200. The fourth-order valence-electron chi connectivity index (χ4n) is 5.48. The van der Waals surface area contributed by atoms with Crippen molar-refractivity contribution < 1.29 is 28.6 Å². The van der Waals surface area contributed by atoms with E-state index in [0.717, 1.165) is 37.2 Å². The second-order valence-electron chi connectivity index (χ2n) is 10.5. The number of hydrogen-bond acceptors (Lipinski definition) is 7. The predicted octanol–water partition coefficient (Wildman–Crippen LogP) is 4.47. The van der Waals surface area contributed by atoms with Gasteiger partial charge in [-0.25, -0.2) is 0 Å². The summed E-state index contributed by atoms with van der Waals surface area (Å²) in [5, 5.41) is 2.38. The molecule has 0 saturated carbocycles. The molecule has 0 radical (unpaired) electrons. The van der Waals surface area contributed by atoms with Gasteiger partial charge in [0.2, 0.25) is 11.8 Å². The fraction of sp³-hybridized carbons (Fsp3) is 0.406. The van der Waals surface area contributed by atoms with Crippen molar-refractivity contribution >= 4 is 17.6 Å². The Morgan fingerprint density at radius 1 is 1.10 bits per heavy atom. The summed E-state index contributed by atoms with van der Waals surface area (Å²) < 4.78 is 17.7. The Bertz CT molecular complexity index is 1300. The maximum atomic E-state index is 13.2. The van der Waals surface area contributed by atoms with Crippen LogP contribution in [0.25, 0.3) is 0 Å². The molecular weight excluding hydrogens is 508 g/mol. The summed E-state index contributed by atoms with van der Waals surface area (Å²) in [6, 6.07) is 13.8. The van der Waals surface area contributed by atoms with Gasteiger partial charge in [0, 0.05) is 43.2 Å². The highest BCUT2D eigenvalue weighted by atomic mass is 16.6. The van der Waals surface area contributed by atoms with Crippen LogP contribution in [0.4, 0.5) is 0 Å². The van der Waals surface area contributed by atoms with Gasteiger partial charge in [0.15, 0.2) is 12.0 Å². The van der Waals surface area contributed by atoms with E-state index in [9.17, 15) is 14.4 Å². The van der Waals surface area contributed by atoms with Gasteiger partial charge in [0.05, 0.1) is 6.26 Å². The van der Waals surface area contributed by atoms with Crippen LogP contribution in [0, 0.1) is 5.92 Å². The van der Waals surface area contributed by atoms with E-state index in [1.807, 2.05) is 24.3 Å². The van der Waals surface area contributed by atoms with Crippen molar-refractivity contribution in [2.24, 2.45) is 5.92 Å². The molecule has 3 unspecified atom stereocenters. The number of nitrogens with zero attached hydrogens (tertiary/aromatic N) is 1. The number of benzene rings is 2. The van der Waals surface area contributed by atoms with Crippen molar-refractivity contribution in [2.75, 3.05) is 13.2 Å². The highest BCUT2D eigenvalue weighted by Crippen LogP contribution is 2.33. The number of carbonyl (C=O) groups excluding carboxylic acids is 3. The third-order valence-corrected chi connectivity index (χ3v) is 7.71.